The first-order chi connectivity index (χ1) is 8.24. The van der Waals surface area contributed by atoms with Gasteiger partial charge in [0.15, 0.2) is 0 Å². The lowest BCUT2D eigenvalue weighted by atomic mass is 10.0. The molecular formula is C15H26OS. The Hall–Kier alpha value is -0.340. The van der Waals surface area contributed by atoms with Gasteiger partial charge in [-0.1, -0.05) is 51.9 Å². The molecule has 0 saturated carbocycles. The summed E-state index contributed by atoms with van der Waals surface area (Å²) in [6.07, 6.45) is 9.86. The number of aliphatic hydroxyl groups excluding tert-OH is 1. The van der Waals surface area contributed by atoms with Crippen molar-refractivity contribution >= 4 is 11.3 Å². The fraction of sp³-hybridized carbons (Fsp3) is 0.733. The molecular weight excluding hydrogens is 228 g/mol. The molecule has 1 atom stereocenters. The average molecular weight is 254 g/mol. The topological polar surface area (TPSA) is 20.2 Å². The van der Waals surface area contributed by atoms with E-state index in [0.717, 1.165) is 18.4 Å². The molecule has 1 nitrogen and oxygen atoms in total. The maximum Gasteiger partial charge on any atom is 0.0798 e. The molecule has 0 spiro atoms. The highest BCUT2D eigenvalue weighted by atomic mass is 32.1. The SMILES string of the molecule is CCCCCCCCCC(O)c1csc(C)c1. The molecule has 0 saturated heterocycles. The summed E-state index contributed by atoms with van der Waals surface area (Å²) >= 11 is 1.73. The van der Waals surface area contributed by atoms with Crippen LogP contribution in [0.3, 0.4) is 0 Å². The molecule has 0 aliphatic rings. The minimum Gasteiger partial charge on any atom is -0.388 e. The highest BCUT2D eigenvalue weighted by molar-refractivity contribution is 7.10. The first-order valence-electron chi connectivity index (χ1n) is 6.97. The molecule has 0 aromatic carbocycles. The van der Waals surface area contributed by atoms with E-state index in [0.29, 0.717) is 0 Å². The van der Waals surface area contributed by atoms with Crippen molar-refractivity contribution in [2.24, 2.45) is 0 Å². The fourth-order valence-electron chi connectivity index (χ4n) is 2.10. The quantitative estimate of drug-likeness (QED) is 0.598. The molecule has 17 heavy (non-hydrogen) atoms. The largest absolute Gasteiger partial charge is 0.388 e. The first-order valence-corrected chi connectivity index (χ1v) is 7.85. The van der Waals surface area contributed by atoms with Gasteiger partial charge in [-0.05, 0) is 30.4 Å². The number of hydrogen-bond acceptors (Lipinski definition) is 2. The van der Waals surface area contributed by atoms with Crippen LogP contribution in [0.5, 0.6) is 0 Å². The van der Waals surface area contributed by atoms with Gasteiger partial charge in [-0.25, -0.2) is 0 Å². The Kier molecular flexibility index (Phi) is 7.54. The van der Waals surface area contributed by atoms with Crippen molar-refractivity contribution in [2.75, 3.05) is 0 Å². The van der Waals surface area contributed by atoms with Gasteiger partial charge in [-0.15, -0.1) is 11.3 Å². The van der Waals surface area contributed by atoms with Crippen LogP contribution in [0.2, 0.25) is 0 Å². The van der Waals surface area contributed by atoms with Crippen LogP contribution in [0.25, 0.3) is 0 Å². The third-order valence-corrected chi connectivity index (χ3v) is 4.10. The predicted molar refractivity (Wildman–Crippen MR) is 76.6 cm³/mol. The summed E-state index contributed by atoms with van der Waals surface area (Å²) in [6, 6.07) is 2.11. The van der Waals surface area contributed by atoms with Gasteiger partial charge in [0, 0.05) is 4.88 Å². The lowest BCUT2D eigenvalue weighted by Gasteiger charge is -2.08. The smallest absolute Gasteiger partial charge is 0.0798 e. The lowest BCUT2D eigenvalue weighted by Crippen LogP contribution is -1.95. The molecule has 0 aliphatic heterocycles. The fourth-order valence-corrected chi connectivity index (χ4v) is 2.85. The number of rotatable bonds is 9. The molecule has 98 valence electrons. The van der Waals surface area contributed by atoms with E-state index in [1.807, 2.05) is 0 Å². The Morgan fingerprint density at radius 3 is 2.35 bits per heavy atom. The predicted octanol–water partition coefficient (Wildman–Crippen LogP) is 5.23. The maximum absolute atomic E-state index is 9.98. The van der Waals surface area contributed by atoms with Crippen molar-refractivity contribution in [1.82, 2.24) is 0 Å². The molecule has 0 bridgehead atoms. The van der Waals surface area contributed by atoms with Crippen molar-refractivity contribution in [3.05, 3.63) is 21.9 Å². The van der Waals surface area contributed by atoms with E-state index in [1.54, 1.807) is 11.3 Å². The van der Waals surface area contributed by atoms with Crippen LogP contribution in [0, 0.1) is 6.92 Å². The van der Waals surface area contributed by atoms with Gasteiger partial charge < -0.3 is 5.11 Å². The maximum atomic E-state index is 9.98. The summed E-state index contributed by atoms with van der Waals surface area (Å²) in [5, 5.41) is 12.1. The summed E-state index contributed by atoms with van der Waals surface area (Å²) in [6.45, 7) is 4.34. The Bertz CT molecular complexity index is 293. The summed E-state index contributed by atoms with van der Waals surface area (Å²) in [4.78, 5) is 1.29. The van der Waals surface area contributed by atoms with Gasteiger partial charge in [0.2, 0.25) is 0 Å². The summed E-state index contributed by atoms with van der Waals surface area (Å²) in [5.41, 5.74) is 1.11. The van der Waals surface area contributed by atoms with Crippen LogP contribution < -0.4 is 0 Å². The van der Waals surface area contributed by atoms with Gasteiger partial charge >= 0.3 is 0 Å². The summed E-state index contributed by atoms with van der Waals surface area (Å²) in [7, 11) is 0. The molecule has 0 amide bonds. The van der Waals surface area contributed by atoms with E-state index in [2.05, 4.69) is 25.3 Å². The van der Waals surface area contributed by atoms with E-state index in [1.165, 1.54) is 43.4 Å². The zero-order valence-electron chi connectivity index (χ0n) is 11.2. The van der Waals surface area contributed by atoms with Crippen molar-refractivity contribution in [3.63, 3.8) is 0 Å². The van der Waals surface area contributed by atoms with Crippen LogP contribution in [-0.4, -0.2) is 5.11 Å². The normalized spacial score (nSPS) is 12.9. The Morgan fingerprint density at radius 1 is 1.12 bits per heavy atom. The third-order valence-electron chi connectivity index (χ3n) is 3.22. The monoisotopic (exact) mass is 254 g/mol. The molecule has 1 rings (SSSR count). The van der Waals surface area contributed by atoms with Crippen LogP contribution in [0.15, 0.2) is 11.4 Å². The zero-order chi connectivity index (χ0) is 12.5. The Morgan fingerprint density at radius 2 is 1.76 bits per heavy atom. The highest BCUT2D eigenvalue weighted by Crippen LogP contribution is 2.24. The van der Waals surface area contributed by atoms with Crippen molar-refractivity contribution in [1.29, 1.82) is 0 Å². The average Bonchev–Trinajstić information content (AvgIpc) is 2.74. The number of hydrogen-bond donors (Lipinski definition) is 1. The van der Waals surface area contributed by atoms with Gasteiger partial charge in [-0.2, -0.15) is 0 Å². The van der Waals surface area contributed by atoms with Gasteiger partial charge in [0.05, 0.1) is 6.10 Å². The van der Waals surface area contributed by atoms with Crippen molar-refractivity contribution < 1.29 is 5.11 Å². The summed E-state index contributed by atoms with van der Waals surface area (Å²) in [5.74, 6) is 0. The number of unbranched alkanes of at least 4 members (excludes halogenated alkanes) is 6. The van der Waals surface area contributed by atoms with Gasteiger partial charge in [0.25, 0.3) is 0 Å². The van der Waals surface area contributed by atoms with E-state index in [4.69, 9.17) is 0 Å². The first kappa shape index (κ1) is 14.7. The zero-order valence-corrected chi connectivity index (χ0v) is 12.1. The molecule has 0 fully saturated rings. The molecule has 1 N–H and O–H groups in total. The van der Waals surface area contributed by atoms with Crippen molar-refractivity contribution in [2.45, 2.75) is 71.3 Å². The van der Waals surface area contributed by atoms with Gasteiger partial charge in [-0.3, -0.25) is 0 Å². The van der Waals surface area contributed by atoms with Gasteiger partial charge in [0.1, 0.15) is 0 Å². The standard InChI is InChI=1S/C15H26OS/c1-3-4-5-6-7-8-9-10-15(16)14-11-13(2)17-12-14/h11-12,15-16H,3-10H2,1-2H3. The lowest BCUT2D eigenvalue weighted by molar-refractivity contribution is 0.163. The number of aliphatic hydroxyl groups is 1. The summed E-state index contributed by atoms with van der Waals surface area (Å²) < 4.78 is 0. The second-order valence-electron chi connectivity index (χ2n) is 4.92. The minimum atomic E-state index is -0.240. The second-order valence-corrected chi connectivity index (χ2v) is 6.03. The van der Waals surface area contributed by atoms with Crippen LogP contribution in [-0.2, 0) is 0 Å². The van der Waals surface area contributed by atoms with E-state index < -0.39 is 0 Å². The molecule has 1 aromatic rings. The molecule has 0 aliphatic carbocycles. The number of aryl methyl sites for hydroxylation is 1. The Balaban J connectivity index is 2.03. The van der Waals surface area contributed by atoms with E-state index in [-0.39, 0.29) is 6.10 Å². The van der Waals surface area contributed by atoms with Crippen LogP contribution in [0.4, 0.5) is 0 Å². The molecule has 1 aromatic heterocycles. The highest BCUT2D eigenvalue weighted by Gasteiger charge is 2.08. The molecule has 1 unspecified atom stereocenters. The Labute approximate surface area is 110 Å². The molecule has 1 heterocycles. The third kappa shape index (κ3) is 6.23. The minimum absolute atomic E-state index is 0.240. The molecule has 0 radical (unpaired) electrons. The molecule has 2 heteroatoms. The van der Waals surface area contributed by atoms with Crippen LogP contribution >= 0.6 is 11.3 Å². The van der Waals surface area contributed by atoms with E-state index >= 15 is 0 Å². The van der Waals surface area contributed by atoms with E-state index in [9.17, 15) is 5.11 Å². The number of thiophene rings is 1. The second kappa shape index (κ2) is 8.71. The van der Waals surface area contributed by atoms with Crippen LogP contribution in [0.1, 0.15) is 74.8 Å². The van der Waals surface area contributed by atoms with Crippen molar-refractivity contribution in [3.8, 4) is 0 Å².